The summed E-state index contributed by atoms with van der Waals surface area (Å²) in [6.07, 6.45) is 0.776. The molecule has 6 rings (SSSR count). The maximum absolute atomic E-state index is 9.08. The lowest BCUT2D eigenvalue weighted by Crippen LogP contribution is -2.35. The third-order valence-corrected chi connectivity index (χ3v) is 7.13. The number of hydrogen-bond donors (Lipinski definition) is 0. The Hall–Kier alpha value is -3.39. The molecule has 33 heavy (non-hydrogen) atoms. The zero-order chi connectivity index (χ0) is 24.8. The molecule has 0 spiro atoms. The fourth-order valence-corrected chi connectivity index (χ4v) is 5.58. The molecule has 0 fully saturated rings. The van der Waals surface area contributed by atoms with Crippen LogP contribution >= 0.6 is 0 Å². The van der Waals surface area contributed by atoms with Gasteiger partial charge in [0.1, 0.15) is 12.8 Å². The summed E-state index contributed by atoms with van der Waals surface area (Å²) in [5, 5.41) is 5.01. The number of rotatable bonds is 2. The molecule has 0 saturated carbocycles. The van der Waals surface area contributed by atoms with Crippen LogP contribution in [0.25, 0.3) is 43.7 Å². The maximum Gasteiger partial charge on any atom is 0.257 e. The first-order chi connectivity index (χ1) is 16.7. The molecule has 164 valence electrons. The second-order valence-corrected chi connectivity index (χ2v) is 9.99. The van der Waals surface area contributed by atoms with Gasteiger partial charge < -0.3 is 4.74 Å². The summed E-state index contributed by atoms with van der Waals surface area (Å²) in [6.45, 7) is 10.9. The Balaban J connectivity index is 1.92. The van der Waals surface area contributed by atoms with E-state index in [4.69, 9.17) is 7.48 Å². The minimum Gasteiger partial charge on any atom is -0.449 e. The molecule has 2 heteroatoms. The van der Waals surface area contributed by atoms with Gasteiger partial charge in [-0.1, -0.05) is 50.2 Å². The van der Waals surface area contributed by atoms with Crippen molar-refractivity contribution in [2.45, 2.75) is 41.0 Å². The van der Waals surface area contributed by atoms with Gasteiger partial charge in [0, 0.05) is 10.9 Å². The number of benzene rings is 4. The Bertz CT molecular complexity index is 1730. The number of aromatic nitrogens is 1. The molecule has 0 aliphatic carbocycles. The van der Waals surface area contributed by atoms with Gasteiger partial charge in [-0.25, -0.2) is 0 Å². The zero-order valence-electron chi connectivity index (χ0n) is 22.2. The molecule has 0 unspecified atom stereocenters. The van der Waals surface area contributed by atoms with Crippen LogP contribution in [0.2, 0.25) is 0 Å². The van der Waals surface area contributed by atoms with Crippen LogP contribution in [0.3, 0.4) is 0 Å². The SMILES string of the molecule is [2H]c1c([2H])c2c(CC(C)C)c3c([n+](C)c2c2ccccc12)-c1c(C)c(C)cc2cc(C)cc(c12)O3. The Morgan fingerprint density at radius 2 is 1.76 bits per heavy atom. The molecular weight excluding hydrogens is 402 g/mol. The van der Waals surface area contributed by atoms with Gasteiger partial charge in [0.15, 0.2) is 0 Å². The van der Waals surface area contributed by atoms with Crippen LogP contribution in [-0.2, 0) is 13.5 Å². The largest absolute Gasteiger partial charge is 0.449 e. The summed E-state index contributed by atoms with van der Waals surface area (Å²) < 4.78 is 26.9. The second-order valence-electron chi connectivity index (χ2n) is 9.99. The first-order valence-electron chi connectivity index (χ1n) is 12.8. The highest BCUT2D eigenvalue weighted by molar-refractivity contribution is 6.09. The van der Waals surface area contributed by atoms with Crippen molar-refractivity contribution in [2.75, 3.05) is 0 Å². The third-order valence-electron chi connectivity index (χ3n) is 7.13. The lowest BCUT2D eigenvalue weighted by atomic mass is 9.87. The molecular formula is C31H30NO+. The molecule has 1 aliphatic heterocycles. The van der Waals surface area contributed by atoms with Crippen molar-refractivity contribution in [1.82, 2.24) is 0 Å². The van der Waals surface area contributed by atoms with Crippen LogP contribution in [0, 0.1) is 26.7 Å². The first-order valence-corrected chi connectivity index (χ1v) is 11.8. The molecule has 4 aromatic carbocycles. The zero-order valence-corrected chi connectivity index (χ0v) is 20.2. The van der Waals surface area contributed by atoms with Gasteiger partial charge in [0.25, 0.3) is 5.69 Å². The minimum atomic E-state index is 0.275. The number of fused-ring (bicyclic) bond motifs is 5. The van der Waals surface area contributed by atoms with Gasteiger partial charge in [-0.3, -0.25) is 0 Å². The number of pyridine rings is 1. The van der Waals surface area contributed by atoms with Crippen LogP contribution < -0.4 is 9.30 Å². The first kappa shape index (κ1) is 18.1. The van der Waals surface area contributed by atoms with Crippen molar-refractivity contribution in [2.24, 2.45) is 13.0 Å². The predicted octanol–water partition coefficient (Wildman–Crippen LogP) is 7.87. The summed E-state index contributed by atoms with van der Waals surface area (Å²) >= 11 is 0. The Morgan fingerprint density at radius 1 is 0.970 bits per heavy atom. The smallest absolute Gasteiger partial charge is 0.257 e. The highest BCUT2D eigenvalue weighted by atomic mass is 16.5. The van der Waals surface area contributed by atoms with Gasteiger partial charge in [-0.2, -0.15) is 4.57 Å². The number of ether oxygens (including phenoxy) is 1. The topological polar surface area (TPSA) is 13.1 Å². The predicted molar refractivity (Wildman–Crippen MR) is 138 cm³/mol. The van der Waals surface area contributed by atoms with Crippen LogP contribution in [0.4, 0.5) is 0 Å². The van der Waals surface area contributed by atoms with Crippen LogP contribution in [0.5, 0.6) is 11.5 Å². The fourth-order valence-electron chi connectivity index (χ4n) is 5.58. The highest BCUT2D eigenvalue weighted by Gasteiger charge is 2.35. The summed E-state index contributed by atoms with van der Waals surface area (Å²) in [4.78, 5) is 0. The van der Waals surface area contributed by atoms with Crippen molar-refractivity contribution in [3.63, 3.8) is 0 Å². The van der Waals surface area contributed by atoms with E-state index in [0.29, 0.717) is 5.92 Å². The Labute approximate surface area is 198 Å². The van der Waals surface area contributed by atoms with E-state index in [-0.39, 0.29) is 12.1 Å². The second kappa shape index (κ2) is 7.05. The van der Waals surface area contributed by atoms with E-state index in [2.05, 4.69) is 70.5 Å². The van der Waals surface area contributed by atoms with E-state index in [9.17, 15) is 0 Å². The average Bonchev–Trinajstić information content (AvgIpc) is 2.81. The summed E-state index contributed by atoms with van der Waals surface area (Å²) in [6, 6.07) is 15.2. The summed E-state index contributed by atoms with van der Waals surface area (Å²) in [5.74, 6) is 2.09. The van der Waals surface area contributed by atoms with E-state index in [1.165, 1.54) is 27.6 Å². The van der Waals surface area contributed by atoms with Gasteiger partial charge in [-0.15, -0.1) is 0 Å². The van der Waals surface area contributed by atoms with E-state index < -0.39 is 0 Å². The van der Waals surface area contributed by atoms with Gasteiger partial charge in [-0.05, 0) is 78.7 Å². The maximum atomic E-state index is 9.08. The van der Waals surface area contributed by atoms with Crippen molar-refractivity contribution in [3.8, 4) is 22.8 Å². The average molecular weight is 435 g/mol. The van der Waals surface area contributed by atoms with Crippen molar-refractivity contribution < 1.29 is 12.0 Å². The minimum absolute atomic E-state index is 0.275. The third kappa shape index (κ3) is 2.83. The van der Waals surface area contributed by atoms with Crippen LogP contribution in [-0.4, -0.2) is 0 Å². The van der Waals surface area contributed by atoms with E-state index in [1.54, 1.807) is 0 Å². The highest BCUT2D eigenvalue weighted by Crippen LogP contribution is 2.50. The molecule has 0 atom stereocenters. The molecule has 0 amide bonds. The lowest BCUT2D eigenvalue weighted by molar-refractivity contribution is -0.633. The summed E-state index contributed by atoms with van der Waals surface area (Å²) in [7, 11) is 2.09. The monoisotopic (exact) mass is 434 g/mol. The number of hydrogen-bond acceptors (Lipinski definition) is 1. The molecule has 0 N–H and O–H groups in total. The van der Waals surface area contributed by atoms with Crippen LogP contribution in [0.1, 0.15) is 38.8 Å². The number of nitrogens with zero attached hydrogens (tertiary/aromatic N) is 1. The van der Waals surface area contributed by atoms with Gasteiger partial charge in [0.05, 0.1) is 19.1 Å². The molecule has 5 aromatic rings. The summed E-state index contributed by atoms with van der Waals surface area (Å²) in [5.41, 5.74) is 8.01. The molecule has 0 radical (unpaired) electrons. The van der Waals surface area contributed by atoms with E-state index >= 15 is 0 Å². The molecule has 2 nitrogen and oxygen atoms in total. The van der Waals surface area contributed by atoms with Crippen molar-refractivity contribution >= 4 is 32.4 Å². The lowest BCUT2D eigenvalue weighted by Gasteiger charge is -2.26. The molecule has 1 aromatic heterocycles. The molecule has 2 heterocycles. The van der Waals surface area contributed by atoms with Crippen molar-refractivity contribution in [3.05, 3.63) is 76.8 Å². The number of aryl methyl sites for hydroxylation is 3. The fraction of sp³-hybridized carbons (Fsp3) is 0.258. The normalized spacial score (nSPS) is 13.4. The molecule has 0 bridgehead atoms. The van der Waals surface area contributed by atoms with Crippen molar-refractivity contribution in [1.29, 1.82) is 0 Å². The van der Waals surface area contributed by atoms with Crippen LogP contribution in [0.15, 0.2) is 54.5 Å². The van der Waals surface area contributed by atoms with E-state index in [1.807, 2.05) is 18.2 Å². The Morgan fingerprint density at radius 3 is 2.55 bits per heavy atom. The molecule has 0 saturated heterocycles. The van der Waals surface area contributed by atoms with Gasteiger partial charge in [0.2, 0.25) is 11.3 Å². The van der Waals surface area contributed by atoms with E-state index in [0.717, 1.165) is 56.2 Å². The quantitative estimate of drug-likeness (QED) is 0.200. The molecule has 1 aliphatic rings. The van der Waals surface area contributed by atoms with Gasteiger partial charge >= 0.3 is 0 Å². The standard InChI is InChI=1S/C31H30NO/c1-17(2)13-25-24-12-11-21-9-7-8-10-23(21)29(24)32(6)30-27-20(5)19(4)16-22-14-18(3)15-26(28(22)27)33-31(25)30/h7-12,14-17H,13H2,1-6H3/q+1/i11D,12D. The Kier molecular flexibility index (Phi) is 3.86.